The molecule has 7 heteroatoms. The minimum Gasteiger partial charge on any atom is -0.454 e. The molecule has 0 saturated heterocycles. The maximum atomic E-state index is 13.9. The quantitative estimate of drug-likeness (QED) is 0.834. The maximum Gasteiger partial charge on any atom is 0.231 e. The van der Waals surface area contributed by atoms with Gasteiger partial charge in [-0.25, -0.2) is 4.39 Å². The topological polar surface area (TPSA) is 33.7 Å². The monoisotopic (exact) mass is 366 g/mol. The van der Waals surface area contributed by atoms with Crippen LogP contribution in [0.15, 0.2) is 36.4 Å². The third-order valence-electron chi connectivity index (χ3n) is 3.68. The Kier molecular flexibility index (Phi) is 5.06. The van der Waals surface area contributed by atoms with E-state index in [9.17, 15) is 4.39 Å². The molecule has 0 unspecified atom stereocenters. The first kappa shape index (κ1) is 16.8. The number of rotatable bonds is 4. The molecule has 24 heavy (non-hydrogen) atoms. The van der Waals surface area contributed by atoms with Gasteiger partial charge in [0.1, 0.15) is 5.82 Å². The van der Waals surface area contributed by atoms with Crippen molar-refractivity contribution in [3.8, 4) is 11.5 Å². The van der Waals surface area contributed by atoms with E-state index >= 15 is 0 Å². The molecular formula is C17H16ClFN2O2S. The van der Waals surface area contributed by atoms with Crippen molar-refractivity contribution in [2.24, 2.45) is 0 Å². The molecule has 0 spiro atoms. The van der Waals surface area contributed by atoms with Gasteiger partial charge in [0.15, 0.2) is 16.6 Å². The molecule has 0 aromatic heterocycles. The average Bonchev–Trinajstić information content (AvgIpc) is 3.03. The molecule has 126 valence electrons. The summed E-state index contributed by atoms with van der Waals surface area (Å²) in [5, 5.41) is 4.04. The van der Waals surface area contributed by atoms with Crippen LogP contribution in [0.25, 0.3) is 0 Å². The molecule has 2 aromatic rings. The van der Waals surface area contributed by atoms with E-state index < -0.39 is 0 Å². The van der Waals surface area contributed by atoms with Crippen LogP contribution in [0.3, 0.4) is 0 Å². The Morgan fingerprint density at radius 1 is 1.29 bits per heavy atom. The number of hydrogen-bond acceptors (Lipinski definition) is 3. The highest BCUT2D eigenvalue weighted by Gasteiger charge is 2.14. The minimum atomic E-state index is -0.340. The van der Waals surface area contributed by atoms with E-state index in [1.54, 1.807) is 24.1 Å². The molecule has 0 amide bonds. The van der Waals surface area contributed by atoms with Gasteiger partial charge in [0.05, 0.1) is 0 Å². The Morgan fingerprint density at radius 2 is 2.08 bits per heavy atom. The molecule has 0 atom stereocenters. The van der Waals surface area contributed by atoms with E-state index in [1.807, 2.05) is 18.2 Å². The van der Waals surface area contributed by atoms with Gasteiger partial charge in [0.25, 0.3) is 0 Å². The van der Waals surface area contributed by atoms with Gasteiger partial charge in [-0.1, -0.05) is 23.7 Å². The predicted octanol–water partition coefficient (Wildman–Crippen LogP) is 3.71. The van der Waals surface area contributed by atoms with E-state index in [0.29, 0.717) is 28.8 Å². The molecule has 1 aliphatic heterocycles. The fraction of sp³-hybridized carbons (Fsp3) is 0.235. The number of benzene rings is 2. The lowest BCUT2D eigenvalue weighted by Gasteiger charge is -2.22. The Labute approximate surface area is 150 Å². The second-order valence-electron chi connectivity index (χ2n) is 5.40. The zero-order chi connectivity index (χ0) is 17.1. The highest BCUT2D eigenvalue weighted by atomic mass is 35.5. The van der Waals surface area contributed by atoms with Crippen molar-refractivity contribution in [1.82, 2.24) is 10.2 Å². The van der Waals surface area contributed by atoms with Crippen LogP contribution in [0.2, 0.25) is 5.02 Å². The SMILES string of the molecule is CN(Cc1c(F)cccc1Cl)C(=S)NCc1ccc2c(c1)OCO2. The van der Waals surface area contributed by atoms with Gasteiger partial charge in [-0.2, -0.15) is 0 Å². The van der Waals surface area contributed by atoms with Crippen molar-refractivity contribution < 1.29 is 13.9 Å². The highest BCUT2D eigenvalue weighted by Crippen LogP contribution is 2.32. The molecule has 0 radical (unpaired) electrons. The first-order valence-corrected chi connectivity index (χ1v) is 8.13. The van der Waals surface area contributed by atoms with Gasteiger partial charge in [-0.3, -0.25) is 0 Å². The summed E-state index contributed by atoms with van der Waals surface area (Å²) in [5.74, 6) is 1.13. The standard InChI is InChI=1S/C17H16ClFN2O2S/c1-21(9-12-13(18)3-2-4-14(12)19)17(24)20-8-11-5-6-15-16(7-11)23-10-22-15/h2-7H,8-10H2,1H3,(H,20,24). The van der Waals surface area contributed by atoms with E-state index in [4.69, 9.17) is 33.3 Å². The third-order valence-corrected chi connectivity index (χ3v) is 4.49. The lowest BCUT2D eigenvalue weighted by atomic mass is 10.2. The number of thiocarbonyl (C=S) groups is 1. The number of hydrogen-bond donors (Lipinski definition) is 1. The van der Waals surface area contributed by atoms with Crippen molar-refractivity contribution >= 4 is 28.9 Å². The molecule has 0 fully saturated rings. The zero-order valence-electron chi connectivity index (χ0n) is 13.0. The predicted molar refractivity (Wildman–Crippen MR) is 94.9 cm³/mol. The lowest BCUT2D eigenvalue weighted by molar-refractivity contribution is 0.174. The summed E-state index contributed by atoms with van der Waals surface area (Å²) in [7, 11) is 1.79. The fourth-order valence-corrected chi connectivity index (χ4v) is 2.72. The van der Waals surface area contributed by atoms with Gasteiger partial charge in [0.2, 0.25) is 6.79 Å². The fourth-order valence-electron chi connectivity index (χ4n) is 2.36. The van der Waals surface area contributed by atoms with Gasteiger partial charge in [-0.05, 0) is 42.0 Å². The second-order valence-corrected chi connectivity index (χ2v) is 6.20. The molecule has 0 saturated carbocycles. The number of nitrogens with zero attached hydrogens (tertiary/aromatic N) is 1. The van der Waals surface area contributed by atoms with E-state index in [-0.39, 0.29) is 12.6 Å². The van der Waals surface area contributed by atoms with Crippen molar-refractivity contribution in [1.29, 1.82) is 0 Å². The van der Waals surface area contributed by atoms with Gasteiger partial charge in [0, 0.05) is 30.7 Å². The van der Waals surface area contributed by atoms with E-state index in [0.717, 1.165) is 17.1 Å². The van der Waals surface area contributed by atoms with Crippen LogP contribution in [0, 0.1) is 5.82 Å². The van der Waals surface area contributed by atoms with Crippen molar-refractivity contribution in [2.45, 2.75) is 13.1 Å². The molecule has 1 N–H and O–H groups in total. The summed E-state index contributed by atoms with van der Waals surface area (Å²) in [6.07, 6.45) is 0. The van der Waals surface area contributed by atoms with Gasteiger partial charge < -0.3 is 19.7 Å². The van der Waals surface area contributed by atoms with Gasteiger partial charge in [-0.15, -0.1) is 0 Å². The summed E-state index contributed by atoms with van der Waals surface area (Å²) >= 11 is 11.4. The summed E-state index contributed by atoms with van der Waals surface area (Å²) < 4.78 is 24.5. The number of nitrogens with one attached hydrogen (secondary N) is 1. The normalized spacial score (nSPS) is 12.1. The van der Waals surface area contributed by atoms with Crippen molar-refractivity contribution in [3.63, 3.8) is 0 Å². The smallest absolute Gasteiger partial charge is 0.231 e. The Morgan fingerprint density at radius 3 is 2.88 bits per heavy atom. The summed E-state index contributed by atoms with van der Waals surface area (Å²) in [5.41, 5.74) is 1.44. The summed E-state index contributed by atoms with van der Waals surface area (Å²) in [6.45, 7) is 1.07. The molecular weight excluding hydrogens is 351 g/mol. The molecule has 0 bridgehead atoms. The highest BCUT2D eigenvalue weighted by molar-refractivity contribution is 7.80. The van der Waals surface area contributed by atoms with Crippen LogP contribution in [-0.4, -0.2) is 23.9 Å². The van der Waals surface area contributed by atoms with Gasteiger partial charge >= 0.3 is 0 Å². The van der Waals surface area contributed by atoms with E-state index in [2.05, 4.69) is 5.32 Å². The average molecular weight is 367 g/mol. The van der Waals surface area contributed by atoms with Crippen LogP contribution < -0.4 is 14.8 Å². The lowest BCUT2D eigenvalue weighted by Crippen LogP contribution is -2.36. The summed E-state index contributed by atoms with van der Waals surface area (Å²) in [4.78, 5) is 1.74. The molecule has 3 rings (SSSR count). The first-order valence-electron chi connectivity index (χ1n) is 7.35. The van der Waals surface area contributed by atoms with Crippen molar-refractivity contribution in [2.75, 3.05) is 13.8 Å². The Hall–Kier alpha value is -2.05. The Bertz CT molecular complexity index is 752. The van der Waals surface area contributed by atoms with Crippen molar-refractivity contribution in [3.05, 3.63) is 58.4 Å². The summed E-state index contributed by atoms with van der Waals surface area (Å²) in [6, 6.07) is 10.3. The van der Waals surface area contributed by atoms with Crippen LogP contribution in [0.5, 0.6) is 11.5 Å². The van der Waals surface area contributed by atoms with E-state index in [1.165, 1.54) is 6.07 Å². The third kappa shape index (κ3) is 3.71. The first-order chi connectivity index (χ1) is 11.5. The van der Waals surface area contributed by atoms with Crippen LogP contribution in [0.1, 0.15) is 11.1 Å². The molecule has 2 aromatic carbocycles. The number of halogens is 2. The Balaban J connectivity index is 1.58. The second kappa shape index (κ2) is 7.23. The molecule has 4 nitrogen and oxygen atoms in total. The molecule has 1 heterocycles. The largest absolute Gasteiger partial charge is 0.454 e. The number of fused-ring (bicyclic) bond motifs is 1. The number of ether oxygens (including phenoxy) is 2. The van der Waals surface area contributed by atoms with Crippen LogP contribution >= 0.6 is 23.8 Å². The maximum absolute atomic E-state index is 13.9. The minimum absolute atomic E-state index is 0.247. The molecule has 0 aliphatic carbocycles. The van der Waals surface area contributed by atoms with Crippen LogP contribution in [0.4, 0.5) is 4.39 Å². The van der Waals surface area contributed by atoms with Crippen LogP contribution in [-0.2, 0) is 13.1 Å². The molecule has 1 aliphatic rings. The zero-order valence-corrected chi connectivity index (χ0v) is 14.6.